The van der Waals surface area contributed by atoms with Crippen LogP contribution >= 0.6 is 22.7 Å². The molecule has 0 saturated heterocycles. The molecule has 5 heteroatoms. The second kappa shape index (κ2) is 6.83. The number of nitrogens with zero attached hydrogens (tertiary/aromatic N) is 1. The van der Waals surface area contributed by atoms with E-state index in [1.165, 1.54) is 10.3 Å². The van der Waals surface area contributed by atoms with Gasteiger partial charge in [-0.3, -0.25) is 4.79 Å². The molecule has 0 aliphatic carbocycles. The average molecular weight is 345 g/mol. The average Bonchev–Trinajstić information content (AvgIpc) is 3.16. The smallest absolute Gasteiger partial charge is 0.261 e. The van der Waals surface area contributed by atoms with Gasteiger partial charge in [0.25, 0.3) is 5.91 Å². The quantitative estimate of drug-likeness (QED) is 0.748. The number of nitrogens with one attached hydrogen (secondary N) is 1. The molecular weight excluding hydrogens is 324 g/mol. The van der Waals surface area contributed by atoms with Crippen molar-refractivity contribution in [3.05, 3.63) is 57.1 Å². The lowest BCUT2D eigenvalue weighted by Crippen LogP contribution is -2.34. The molecule has 1 amide bonds. The molecule has 0 aliphatic heterocycles. The number of hydrogen-bond acceptors (Lipinski definition) is 4. The van der Waals surface area contributed by atoms with Gasteiger partial charge in [-0.1, -0.05) is 24.3 Å². The van der Waals surface area contributed by atoms with E-state index >= 15 is 0 Å². The number of benzene rings is 1. The number of hydrogen-bond donors (Lipinski definition) is 1. The van der Waals surface area contributed by atoms with Crippen LogP contribution in [0.25, 0.3) is 10.1 Å². The van der Waals surface area contributed by atoms with Gasteiger partial charge in [0.15, 0.2) is 0 Å². The molecule has 3 nitrogen and oxygen atoms in total. The summed E-state index contributed by atoms with van der Waals surface area (Å²) < 4.78 is 1.16. The summed E-state index contributed by atoms with van der Waals surface area (Å²) in [7, 11) is 4.09. The molecule has 0 radical (unpaired) electrons. The molecular formula is C18H20N2OS2. The summed E-state index contributed by atoms with van der Waals surface area (Å²) in [6, 6.07) is 12.5. The summed E-state index contributed by atoms with van der Waals surface area (Å²) >= 11 is 3.29. The zero-order valence-electron chi connectivity index (χ0n) is 13.5. The standard InChI is InChI=1S/C18H20N2OS2/c1-12-13-7-4-5-8-15(13)23-17(12)18(21)19-11-14(20(2)3)16-9-6-10-22-16/h4-10,14H,11H2,1-3H3,(H,19,21). The Kier molecular flexibility index (Phi) is 4.80. The zero-order chi connectivity index (χ0) is 16.4. The van der Waals surface area contributed by atoms with Crippen LogP contribution in [-0.2, 0) is 0 Å². The maximum atomic E-state index is 12.6. The van der Waals surface area contributed by atoms with Crippen molar-refractivity contribution in [2.45, 2.75) is 13.0 Å². The number of carbonyl (C=O) groups excluding carboxylic acids is 1. The highest BCUT2D eigenvalue weighted by Crippen LogP contribution is 2.30. The van der Waals surface area contributed by atoms with Crippen LogP contribution in [0.2, 0.25) is 0 Å². The summed E-state index contributed by atoms with van der Waals surface area (Å²) in [5.41, 5.74) is 1.07. The van der Waals surface area contributed by atoms with Crippen molar-refractivity contribution < 1.29 is 4.79 Å². The molecule has 1 atom stereocenters. The van der Waals surface area contributed by atoms with Crippen molar-refractivity contribution in [3.8, 4) is 0 Å². The van der Waals surface area contributed by atoms with Gasteiger partial charge in [-0.15, -0.1) is 22.7 Å². The molecule has 0 saturated carbocycles. The molecule has 3 aromatic rings. The van der Waals surface area contributed by atoms with Crippen LogP contribution in [0.5, 0.6) is 0 Å². The molecule has 3 rings (SSSR count). The third kappa shape index (κ3) is 3.32. The van der Waals surface area contributed by atoms with E-state index in [-0.39, 0.29) is 11.9 Å². The first-order valence-corrected chi connectivity index (χ1v) is 9.23. The Morgan fingerprint density at radius 2 is 2.00 bits per heavy atom. The molecule has 1 aromatic carbocycles. The first-order chi connectivity index (χ1) is 11.1. The molecule has 120 valence electrons. The summed E-state index contributed by atoms with van der Waals surface area (Å²) in [5.74, 6) is 0.0205. The van der Waals surface area contributed by atoms with Crippen molar-refractivity contribution in [2.75, 3.05) is 20.6 Å². The summed E-state index contributed by atoms with van der Waals surface area (Å²) in [4.78, 5) is 16.8. The lowest BCUT2D eigenvalue weighted by molar-refractivity contribution is 0.0946. The Morgan fingerprint density at radius 3 is 2.65 bits per heavy atom. The number of rotatable bonds is 5. The van der Waals surface area contributed by atoms with Gasteiger partial charge in [0, 0.05) is 16.1 Å². The van der Waals surface area contributed by atoms with Crippen LogP contribution < -0.4 is 5.32 Å². The molecule has 0 aliphatic rings. The van der Waals surface area contributed by atoms with Crippen molar-refractivity contribution in [3.63, 3.8) is 0 Å². The SMILES string of the molecule is Cc1c(C(=O)NCC(c2cccs2)N(C)C)sc2ccccc12. The zero-order valence-corrected chi connectivity index (χ0v) is 15.1. The van der Waals surface area contributed by atoms with Gasteiger partial charge in [0.2, 0.25) is 0 Å². The molecule has 2 heterocycles. The minimum Gasteiger partial charge on any atom is -0.349 e. The lowest BCUT2D eigenvalue weighted by atomic mass is 10.1. The monoisotopic (exact) mass is 344 g/mol. The molecule has 1 N–H and O–H groups in total. The number of fused-ring (bicyclic) bond motifs is 1. The Hall–Kier alpha value is -1.69. The lowest BCUT2D eigenvalue weighted by Gasteiger charge is -2.23. The van der Waals surface area contributed by atoms with Crippen LogP contribution in [0.15, 0.2) is 41.8 Å². The normalized spacial score (nSPS) is 12.7. The molecule has 0 spiro atoms. The first kappa shape index (κ1) is 16.2. The van der Waals surface area contributed by atoms with E-state index in [0.29, 0.717) is 6.54 Å². The van der Waals surface area contributed by atoms with E-state index in [0.717, 1.165) is 15.1 Å². The molecule has 1 unspecified atom stereocenters. The number of carbonyl (C=O) groups is 1. The van der Waals surface area contributed by atoms with E-state index in [2.05, 4.69) is 39.9 Å². The number of likely N-dealkylation sites (N-methyl/N-ethyl adjacent to an activating group) is 1. The van der Waals surface area contributed by atoms with E-state index in [9.17, 15) is 4.79 Å². The van der Waals surface area contributed by atoms with Crippen LogP contribution in [-0.4, -0.2) is 31.4 Å². The van der Waals surface area contributed by atoms with Crippen molar-refractivity contribution in [1.29, 1.82) is 0 Å². The Labute approximate surface area is 144 Å². The molecule has 0 bridgehead atoms. The molecule has 2 aromatic heterocycles. The summed E-state index contributed by atoms with van der Waals surface area (Å²) in [6.07, 6.45) is 0. The third-order valence-corrected chi connectivity index (χ3v) is 6.25. The minimum atomic E-state index is 0.0205. The fourth-order valence-electron chi connectivity index (χ4n) is 2.68. The number of aryl methyl sites for hydroxylation is 1. The Bertz CT molecular complexity index is 806. The van der Waals surface area contributed by atoms with E-state index < -0.39 is 0 Å². The third-order valence-electron chi connectivity index (χ3n) is 4.00. The fourth-order valence-corrected chi connectivity index (χ4v) is 4.73. The van der Waals surface area contributed by atoms with Gasteiger partial charge < -0.3 is 10.2 Å². The highest BCUT2D eigenvalue weighted by molar-refractivity contribution is 7.21. The second-order valence-electron chi connectivity index (χ2n) is 5.76. The highest BCUT2D eigenvalue weighted by atomic mass is 32.1. The van der Waals surface area contributed by atoms with Gasteiger partial charge >= 0.3 is 0 Å². The number of thiophene rings is 2. The highest BCUT2D eigenvalue weighted by Gasteiger charge is 2.19. The predicted molar refractivity (Wildman–Crippen MR) is 99.6 cm³/mol. The van der Waals surface area contributed by atoms with Gasteiger partial charge in [0.1, 0.15) is 0 Å². The molecule has 0 fully saturated rings. The predicted octanol–water partition coefficient (Wildman–Crippen LogP) is 4.30. The van der Waals surface area contributed by atoms with Crippen LogP contribution in [0, 0.1) is 6.92 Å². The van der Waals surface area contributed by atoms with Crippen molar-refractivity contribution in [1.82, 2.24) is 10.2 Å². The first-order valence-electron chi connectivity index (χ1n) is 7.54. The Balaban J connectivity index is 1.76. The van der Waals surface area contributed by atoms with Gasteiger partial charge in [-0.25, -0.2) is 0 Å². The largest absolute Gasteiger partial charge is 0.349 e. The summed E-state index contributed by atoms with van der Waals surface area (Å²) in [6.45, 7) is 2.64. The van der Waals surface area contributed by atoms with E-state index in [1.54, 1.807) is 22.7 Å². The van der Waals surface area contributed by atoms with E-state index in [4.69, 9.17) is 0 Å². The van der Waals surface area contributed by atoms with Crippen LogP contribution in [0.3, 0.4) is 0 Å². The van der Waals surface area contributed by atoms with Gasteiger partial charge in [-0.2, -0.15) is 0 Å². The fraction of sp³-hybridized carbons (Fsp3) is 0.278. The minimum absolute atomic E-state index is 0.0205. The van der Waals surface area contributed by atoms with Crippen LogP contribution in [0.1, 0.15) is 26.2 Å². The van der Waals surface area contributed by atoms with Gasteiger partial charge in [-0.05, 0) is 49.5 Å². The van der Waals surface area contributed by atoms with Crippen LogP contribution in [0.4, 0.5) is 0 Å². The maximum Gasteiger partial charge on any atom is 0.261 e. The molecule has 23 heavy (non-hydrogen) atoms. The number of amides is 1. The van der Waals surface area contributed by atoms with Crippen molar-refractivity contribution >= 4 is 38.7 Å². The second-order valence-corrected chi connectivity index (χ2v) is 7.79. The topological polar surface area (TPSA) is 32.3 Å². The van der Waals surface area contributed by atoms with Crippen molar-refractivity contribution in [2.24, 2.45) is 0 Å². The summed E-state index contributed by atoms with van der Waals surface area (Å²) in [5, 5.41) is 6.35. The van der Waals surface area contributed by atoms with E-state index in [1.807, 2.05) is 33.2 Å². The Morgan fingerprint density at radius 1 is 1.22 bits per heavy atom. The van der Waals surface area contributed by atoms with Gasteiger partial charge in [0.05, 0.1) is 10.9 Å². The maximum absolute atomic E-state index is 12.6.